The van der Waals surface area contributed by atoms with Crippen LogP contribution in [0.3, 0.4) is 0 Å². The fourth-order valence-electron chi connectivity index (χ4n) is 1.36. The number of carbonyl (C=O) groups excluding carboxylic acids is 2. The Bertz CT molecular complexity index is 376. The van der Waals surface area contributed by atoms with Gasteiger partial charge in [-0.05, 0) is 24.1 Å². The first-order valence-corrected chi connectivity index (χ1v) is 5.38. The zero-order valence-electron chi connectivity index (χ0n) is 9.43. The van der Waals surface area contributed by atoms with Crippen molar-refractivity contribution in [1.29, 1.82) is 0 Å². The molecule has 1 rings (SSSR count). The maximum Gasteiger partial charge on any atom is 0.237 e. The molecule has 0 radical (unpaired) electrons. The first kappa shape index (κ1) is 13.2. The number of aldehydes is 1. The molecule has 0 aliphatic heterocycles. The quantitative estimate of drug-likeness (QED) is 0.477. The van der Waals surface area contributed by atoms with Crippen LogP contribution in [0.1, 0.15) is 12.0 Å². The van der Waals surface area contributed by atoms with Gasteiger partial charge in [-0.25, -0.2) is 0 Å². The molecule has 1 aromatic carbocycles. The van der Waals surface area contributed by atoms with Gasteiger partial charge in [0.05, 0.1) is 6.04 Å². The topological polar surface area (TPSA) is 92.4 Å². The van der Waals surface area contributed by atoms with E-state index >= 15 is 0 Å². The maximum absolute atomic E-state index is 11.5. The number of phenolic OH excluding ortho intramolecular Hbond substituents is 1. The lowest BCUT2D eigenvalue weighted by molar-refractivity contribution is -0.122. The minimum Gasteiger partial charge on any atom is -0.508 e. The van der Waals surface area contributed by atoms with Crippen LogP contribution >= 0.6 is 0 Å². The van der Waals surface area contributed by atoms with Gasteiger partial charge in [-0.15, -0.1) is 0 Å². The third kappa shape index (κ3) is 4.65. The maximum atomic E-state index is 11.5. The van der Waals surface area contributed by atoms with Gasteiger partial charge in [0.15, 0.2) is 0 Å². The SMILES string of the molecule is NC(Cc1ccc(O)cc1)C(=O)NCCC=O. The molecule has 1 atom stereocenters. The van der Waals surface area contributed by atoms with E-state index in [0.29, 0.717) is 13.0 Å². The Morgan fingerprint density at radius 2 is 2.06 bits per heavy atom. The van der Waals surface area contributed by atoms with E-state index in [1.54, 1.807) is 24.3 Å². The Morgan fingerprint density at radius 3 is 2.65 bits per heavy atom. The smallest absolute Gasteiger partial charge is 0.237 e. The number of nitrogens with one attached hydrogen (secondary N) is 1. The van der Waals surface area contributed by atoms with Crippen LogP contribution in [0.4, 0.5) is 0 Å². The molecule has 0 bridgehead atoms. The molecule has 0 saturated heterocycles. The number of aromatic hydroxyl groups is 1. The number of hydrogen-bond donors (Lipinski definition) is 3. The second kappa shape index (κ2) is 6.65. The zero-order chi connectivity index (χ0) is 12.7. The van der Waals surface area contributed by atoms with Crippen molar-refractivity contribution < 1.29 is 14.7 Å². The van der Waals surface area contributed by atoms with E-state index in [2.05, 4.69) is 5.32 Å². The van der Waals surface area contributed by atoms with Crippen LogP contribution in [-0.4, -0.2) is 29.9 Å². The van der Waals surface area contributed by atoms with Gasteiger partial charge in [-0.2, -0.15) is 0 Å². The summed E-state index contributed by atoms with van der Waals surface area (Å²) in [5, 5.41) is 11.7. The summed E-state index contributed by atoms with van der Waals surface area (Å²) in [6.45, 7) is 0.311. The van der Waals surface area contributed by atoms with Gasteiger partial charge in [0.1, 0.15) is 12.0 Å². The van der Waals surface area contributed by atoms with E-state index in [1.807, 2.05) is 0 Å². The van der Waals surface area contributed by atoms with Crippen LogP contribution in [0.2, 0.25) is 0 Å². The lowest BCUT2D eigenvalue weighted by atomic mass is 10.1. The number of phenols is 1. The minimum atomic E-state index is -0.647. The number of rotatable bonds is 6. The predicted octanol–water partition coefficient (Wildman–Crippen LogP) is -0.0328. The lowest BCUT2D eigenvalue weighted by Gasteiger charge is -2.11. The molecular weight excluding hydrogens is 220 g/mol. The van der Waals surface area contributed by atoms with Gasteiger partial charge in [-0.1, -0.05) is 12.1 Å². The van der Waals surface area contributed by atoms with E-state index in [9.17, 15) is 9.59 Å². The monoisotopic (exact) mass is 236 g/mol. The fraction of sp³-hybridized carbons (Fsp3) is 0.333. The number of hydrogen-bond acceptors (Lipinski definition) is 4. The van der Waals surface area contributed by atoms with E-state index in [1.165, 1.54) is 0 Å². The van der Waals surface area contributed by atoms with Crippen LogP contribution in [0.15, 0.2) is 24.3 Å². The van der Waals surface area contributed by atoms with Gasteiger partial charge < -0.3 is 21.0 Å². The van der Waals surface area contributed by atoms with Crippen LogP contribution < -0.4 is 11.1 Å². The molecule has 0 aliphatic carbocycles. The highest BCUT2D eigenvalue weighted by Gasteiger charge is 2.13. The van der Waals surface area contributed by atoms with Gasteiger partial charge in [-0.3, -0.25) is 4.79 Å². The Hall–Kier alpha value is -1.88. The Labute approximate surface area is 99.6 Å². The molecule has 0 aromatic heterocycles. The van der Waals surface area contributed by atoms with E-state index in [-0.39, 0.29) is 18.1 Å². The Morgan fingerprint density at radius 1 is 1.41 bits per heavy atom. The predicted molar refractivity (Wildman–Crippen MR) is 63.5 cm³/mol. The molecule has 5 heteroatoms. The molecule has 0 fully saturated rings. The number of carbonyl (C=O) groups is 2. The van der Waals surface area contributed by atoms with Crippen LogP contribution in [0.25, 0.3) is 0 Å². The molecular formula is C12H16N2O3. The Kier molecular flexibility index (Phi) is 5.16. The summed E-state index contributed by atoms with van der Waals surface area (Å²) < 4.78 is 0. The van der Waals surface area contributed by atoms with Crippen molar-refractivity contribution in [1.82, 2.24) is 5.32 Å². The Balaban J connectivity index is 2.42. The third-order valence-corrected chi connectivity index (χ3v) is 2.29. The molecule has 1 unspecified atom stereocenters. The zero-order valence-corrected chi connectivity index (χ0v) is 9.43. The van der Waals surface area contributed by atoms with Crippen molar-refractivity contribution in [3.63, 3.8) is 0 Å². The highest BCUT2D eigenvalue weighted by atomic mass is 16.3. The van der Waals surface area contributed by atoms with E-state index in [4.69, 9.17) is 10.8 Å². The number of nitrogens with two attached hydrogens (primary N) is 1. The van der Waals surface area contributed by atoms with Gasteiger partial charge in [0, 0.05) is 13.0 Å². The van der Waals surface area contributed by atoms with Crippen molar-refractivity contribution in [3.05, 3.63) is 29.8 Å². The summed E-state index contributed by atoms with van der Waals surface area (Å²) in [6, 6.07) is 5.88. The van der Waals surface area contributed by atoms with E-state index in [0.717, 1.165) is 11.8 Å². The van der Waals surface area contributed by atoms with Gasteiger partial charge >= 0.3 is 0 Å². The standard InChI is InChI=1S/C12H16N2O3/c13-11(12(17)14-6-1-7-15)8-9-2-4-10(16)5-3-9/h2-5,7,11,16H,1,6,8,13H2,(H,14,17). The summed E-state index contributed by atoms with van der Waals surface area (Å²) in [4.78, 5) is 21.6. The average Bonchev–Trinajstić information content (AvgIpc) is 2.32. The average molecular weight is 236 g/mol. The highest BCUT2D eigenvalue weighted by Crippen LogP contribution is 2.10. The van der Waals surface area contributed by atoms with Crippen molar-refractivity contribution in [2.75, 3.05) is 6.54 Å². The number of amides is 1. The normalized spacial score (nSPS) is 11.8. The van der Waals surface area contributed by atoms with Gasteiger partial charge in [0.25, 0.3) is 0 Å². The van der Waals surface area contributed by atoms with Crippen LogP contribution in [-0.2, 0) is 16.0 Å². The van der Waals surface area contributed by atoms with Crippen molar-refractivity contribution >= 4 is 12.2 Å². The second-order valence-electron chi connectivity index (χ2n) is 3.72. The first-order valence-electron chi connectivity index (χ1n) is 5.38. The molecule has 92 valence electrons. The molecule has 0 aliphatic rings. The molecule has 17 heavy (non-hydrogen) atoms. The summed E-state index contributed by atoms with van der Waals surface area (Å²) in [6.07, 6.45) is 1.43. The highest BCUT2D eigenvalue weighted by molar-refractivity contribution is 5.81. The lowest BCUT2D eigenvalue weighted by Crippen LogP contribution is -2.42. The first-order chi connectivity index (χ1) is 8.13. The van der Waals surface area contributed by atoms with Crippen molar-refractivity contribution in [3.8, 4) is 5.75 Å². The molecule has 0 heterocycles. The summed E-state index contributed by atoms with van der Waals surface area (Å²) in [5.41, 5.74) is 6.58. The van der Waals surface area contributed by atoms with Gasteiger partial charge in [0.2, 0.25) is 5.91 Å². The summed E-state index contributed by atoms with van der Waals surface area (Å²) >= 11 is 0. The second-order valence-corrected chi connectivity index (χ2v) is 3.72. The molecule has 0 spiro atoms. The summed E-state index contributed by atoms with van der Waals surface area (Å²) in [7, 11) is 0. The fourth-order valence-corrected chi connectivity index (χ4v) is 1.36. The molecule has 0 saturated carbocycles. The van der Waals surface area contributed by atoms with Crippen LogP contribution in [0, 0.1) is 0 Å². The van der Waals surface area contributed by atoms with E-state index < -0.39 is 6.04 Å². The molecule has 1 amide bonds. The third-order valence-electron chi connectivity index (χ3n) is 2.29. The largest absolute Gasteiger partial charge is 0.508 e. The molecule has 1 aromatic rings. The minimum absolute atomic E-state index is 0.178. The van der Waals surface area contributed by atoms with Crippen molar-refractivity contribution in [2.45, 2.75) is 18.9 Å². The van der Waals surface area contributed by atoms with Crippen molar-refractivity contribution in [2.24, 2.45) is 5.73 Å². The van der Waals surface area contributed by atoms with Crippen LogP contribution in [0.5, 0.6) is 5.75 Å². The number of benzene rings is 1. The molecule has 4 N–H and O–H groups in total. The molecule has 5 nitrogen and oxygen atoms in total. The summed E-state index contributed by atoms with van der Waals surface area (Å²) in [5.74, 6) is -0.0994.